The smallest absolute Gasteiger partial charge is 0.413 e. The standard InChI is InChI=1S/C15H21N3O4/c1-10(13(19)17-15(21)22-4)18(3)9-11-5-7-12(8-6-11)14(20)16-2/h5-8,10H,9H2,1-4H3,(H,16,20)(H,17,19,21)/p+1/t10-/m0/s1. The van der Waals surface area contributed by atoms with Crippen LogP contribution in [-0.2, 0) is 16.1 Å². The van der Waals surface area contributed by atoms with Crippen LogP contribution in [0.5, 0.6) is 0 Å². The quantitative estimate of drug-likeness (QED) is 0.673. The number of amides is 3. The Labute approximate surface area is 129 Å². The largest absolute Gasteiger partial charge is 0.453 e. The van der Waals surface area contributed by atoms with E-state index in [1.807, 2.05) is 19.2 Å². The summed E-state index contributed by atoms with van der Waals surface area (Å²) in [5.41, 5.74) is 1.57. The summed E-state index contributed by atoms with van der Waals surface area (Å²) in [6.45, 7) is 2.32. The number of carbonyl (C=O) groups is 3. The topological polar surface area (TPSA) is 88.9 Å². The van der Waals surface area contributed by atoms with E-state index in [0.29, 0.717) is 12.1 Å². The van der Waals surface area contributed by atoms with Gasteiger partial charge < -0.3 is 15.0 Å². The van der Waals surface area contributed by atoms with Gasteiger partial charge in [0.25, 0.3) is 11.8 Å². The molecule has 3 amide bonds. The van der Waals surface area contributed by atoms with Gasteiger partial charge in [-0.05, 0) is 19.1 Å². The first kappa shape index (κ1) is 17.6. The Balaban J connectivity index is 2.63. The number of rotatable bonds is 5. The van der Waals surface area contributed by atoms with E-state index in [4.69, 9.17) is 0 Å². The number of nitrogens with one attached hydrogen (secondary N) is 3. The summed E-state index contributed by atoms with van der Waals surface area (Å²) in [5.74, 6) is -0.538. The number of methoxy groups -OCH3 is 1. The van der Waals surface area contributed by atoms with Crippen LogP contribution in [0.25, 0.3) is 0 Å². The number of imide groups is 1. The molecule has 0 spiro atoms. The zero-order valence-electron chi connectivity index (χ0n) is 13.2. The van der Waals surface area contributed by atoms with Crippen molar-refractivity contribution in [2.75, 3.05) is 21.2 Å². The van der Waals surface area contributed by atoms with Crippen LogP contribution < -0.4 is 15.5 Å². The van der Waals surface area contributed by atoms with Crippen molar-refractivity contribution in [1.29, 1.82) is 0 Å². The van der Waals surface area contributed by atoms with Gasteiger partial charge in [0.15, 0.2) is 6.04 Å². The molecule has 7 nitrogen and oxygen atoms in total. The molecule has 7 heteroatoms. The predicted octanol–water partition coefficient (Wildman–Crippen LogP) is -0.668. The third kappa shape index (κ3) is 4.85. The molecule has 3 N–H and O–H groups in total. The van der Waals surface area contributed by atoms with Gasteiger partial charge in [0.2, 0.25) is 0 Å². The number of ether oxygens (including phenoxy) is 1. The van der Waals surface area contributed by atoms with Gasteiger partial charge in [-0.25, -0.2) is 4.79 Å². The molecule has 1 rings (SSSR count). The minimum atomic E-state index is -0.764. The molecular weight excluding hydrogens is 286 g/mol. The summed E-state index contributed by atoms with van der Waals surface area (Å²) in [6, 6.07) is 6.75. The van der Waals surface area contributed by atoms with Gasteiger partial charge in [-0.15, -0.1) is 0 Å². The van der Waals surface area contributed by atoms with Crippen molar-refractivity contribution in [3.63, 3.8) is 0 Å². The second kappa shape index (κ2) is 8.14. The second-order valence-corrected chi connectivity index (χ2v) is 5.00. The summed E-state index contributed by atoms with van der Waals surface area (Å²) in [6.07, 6.45) is -0.764. The second-order valence-electron chi connectivity index (χ2n) is 5.00. The van der Waals surface area contributed by atoms with E-state index in [0.717, 1.165) is 10.5 Å². The van der Waals surface area contributed by atoms with Gasteiger partial charge in [0.1, 0.15) is 6.54 Å². The highest BCUT2D eigenvalue weighted by Crippen LogP contribution is 2.03. The lowest BCUT2D eigenvalue weighted by molar-refractivity contribution is -0.908. The number of hydrogen-bond acceptors (Lipinski definition) is 4. The molecule has 0 fully saturated rings. The van der Waals surface area contributed by atoms with E-state index in [2.05, 4.69) is 15.4 Å². The number of likely N-dealkylation sites (N-methyl/N-ethyl adjacent to an activating group) is 1. The molecule has 0 heterocycles. The van der Waals surface area contributed by atoms with Crippen LogP contribution in [0.3, 0.4) is 0 Å². The molecule has 0 aliphatic heterocycles. The van der Waals surface area contributed by atoms with Crippen LogP contribution in [0, 0.1) is 0 Å². The lowest BCUT2D eigenvalue weighted by Gasteiger charge is -2.20. The summed E-state index contributed by atoms with van der Waals surface area (Å²) in [4.78, 5) is 35.3. The predicted molar refractivity (Wildman–Crippen MR) is 80.4 cm³/mol. The molecule has 0 aromatic heterocycles. The van der Waals surface area contributed by atoms with Gasteiger partial charge in [-0.2, -0.15) is 0 Å². The highest BCUT2D eigenvalue weighted by molar-refractivity contribution is 5.94. The zero-order chi connectivity index (χ0) is 16.7. The summed E-state index contributed by atoms with van der Waals surface area (Å²) in [7, 11) is 4.64. The Bertz CT molecular complexity index is 542. The van der Waals surface area contributed by atoms with Crippen LogP contribution in [-0.4, -0.2) is 45.2 Å². The number of benzene rings is 1. The fraction of sp³-hybridized carbons (Fsp3) is 0.400. The molecule has 0 aliphatic carbocycles. The van der Waals surface area contributed by atoms with Crippen molar-refractivity contribution in [1.82, 2.24) is 10.6 Å². The van der Waals surface area contributed by atoms with Gasteiger partial charge in [0.05, 0.1) is 14.2 Å². The maximum absolute atomic E-state index is 11.8. The van der Waals surface area contributed by atoms with Crippen molar-refractivity contribution in [2.24, 2.45) is 0 Å². The molecule has 120 valence electrons. The fourth-order valence-electron chi connectivity index (χ4n) is 1.88. The van der Waals surface area contributed by atoms with Crippen LogP contribution in [0.2, 0.25) is 0 Å². The van der Waals surface area contributed by atoms with Gasteiger partial charge >= 0.3 is 6.09 Å². The van der Waals surface area contributed by atoms with Crippen molar-refractivity contribution >= 4 is 17.9 Å². The van der Waals surface area contributed by atoms with E-state index >= 15 is 0 Å². The third-order valence-corrected chi connectivity index (χ3v) is 3.47. The summed E-state index contributed by atoms with van der Waals surface area (Å²) >= 11 is 0. The summed E-state index contributed by atoms with van der Waals surface area (Å²) < 4.78 is 4.40. The lowest BCUT2D eigenvalue weighted by Crippen LogP contribution is -3.12. The first-order valence-corrected chi connectivity index (χ1v) is 6.91. The number of quaternary nitrogens is 1. The first-order chi connectivity index (χ1) is 10.4. The molecule has 0 aliphatic rings. The number of alkyl carbamates (subject to hydrolysis) is 1. The van der Waals surface area contributed by atoms with Crippen LogP contribution in [0.1, 0.15) is 22.8 Å². The average Bonchev–Trinajstić information content (AvgIpc) is 2.53. The lowest BCUT2D eigenvalue weighted by atomic mass is 10.1. The minimum Gasteiger partial charge on any atom is -0.453 e. The third-order valence-electron chi connectivity index (χ3n) is 3.47. The van der Waals surface area contributed by atoms with Crippen LogP contribution >= 0.6 is 0 Å². The molecular formula is C15H22N3O4+. The van der Waals surface area contributed by atoms with Crippen molar-refractivity contribution < 1.29 is 24.0 Å². The number of hydrogen-bond donors (Lipinski definition) is 3. The molecule has 1 aromatic rings. The molecule has 1 aromatic carbocycles. The maximum atomic E-state index is 11.8. The average molecular weight is 308 g/mol. The molecule has 0 bridgehead atoms. The van der Waals surface area contributed by atoms with Gasteiger partial charge in [0, 0.05) is 18.2 Å². The van der Waals surface area contributed by atoms with Crippen LogP contribution in [0.4, 0.5) is 4.79 Å². The van der Waals surface area contributed by atoms with E-state index in [-0.39, 0.29) is 5.91 Å². The van der Waals surface area contributed by atoms with Crippen LogP contribution in [0.15, 0.2) is 24.3 Å². The van der Waals surface area contributed by atoms with Gasteiger partial charge in [-0.1, -0.05) is 12.1 Å². The molecule has 1 unspecified atom stereocenters. The van der Waals surface area contributed by atoms with E-state index in [1.165, 1.54) is 7.11 Å². The Hall–Kier alpha value is -2.41. The zero-order valence-corrected chi connectivity index (χ0v) is 13.2. The van der Waals surface area contributed by atoms with Gasteiger partial charge in [-0.3, -0.25) is 14.9 Å². The Morgan fingerprint density at radius 1 is 1.23 bits per heavy atom. The number of carbonyl (C=O) groups excluding carboxylic acids is 3. The molecule has 0 radical (unpaired) electrons. The van der Waals surface area contributed by atoms with Crippen molar-refractivity contribution in [3.8, 4) is 0 Å². The molecule has 0 saturated carbocycles. The first-order valence-electron chi connectivity index (χ1n) is 6.91. The van der Waals surface area contributed by atoms with Crippen molar-refractivity contribution in [3.05, 3.63) is 35.4 Å². The molecule has 2 atom stereocenters. The minimum absolute atomic E-state index is 0.141. The normalized spacial score (nSPS) is 12.9. The Morgan fingerprint density at radius 3 is 2.32 bits per heavy atom. The summed E-state index contributed by atoms with van der Waals surface area (Å²) in [5, 5.41) is 4.71. The molecule has 22 heavy (non-hydrogen) atoms. The van der Waals surface area contributed by atoms with E-state index in [1.54, 1.807) is 26.1 Å². The highest BCUT2D eigenvalue weighted by atomic mass is 16.5. The maximum Gasteiger partial charge on any atom is 0.413 e. The fourth-order valence-corrected chi connectivity index (χ4v) is 1.88. The monoisotopic (exact) mass is 308 g/mol. The van der Waals surface area contributed by atoms with E-state index < -0.39 is 18.0 Å². The highest BCUT2D eigenvalue weighted by Gasteiger charge is 2.23. The SMILES string of the molecule is CNC(=O)c1ccc(C[NH+](C)[C@@H](C)C(=O)NC(=O)OC)cc1. The Morgan fingerprint density at radius 2 is 1.82 bits per heavy atom. The Kier molecular flexibility index (Phi) is 6.52. The van der Waals surface area contributed by atoms with E-state index in [9.17, 15) is 14.4 Å². The molecule has 0 saturated heterocycles. The van der Waals surface area contributed by atoms with Crippen molar-refractivity contribution in [2.45, 2.75) is 19.5 Å².